The van der Waals surface area contributed by atoms with Gasteiger partial charge in [0, 0.05) is 0 Å². The molecule has 0 spiro atoms. The molecule has 0 aliphatic heterocycles. The third-order valence-electron chi connectivity index (χ3n) is 1.02. The Morgan fingerprint density at radius 1 is 1.00 bits per heavy atom. The second-order valence-electron chi connectivity index (χ2n) is 2.32. The van der Waals surface area contributed by atoms with Gasteiger partial charge in [0.2, 0.25) is 0 Å². The summed E-state index contributed by atoms with van der Waals surface area (Å²) in [7, 11) is 0. The number of thioether (sulfide) groups is 1. The second-order valence-corrected chi connectivity index (χ2v) is 5.07. The van der Waals surface area contributed by atoms with Crippen molar-refractivity contribution in [3.63, 3.8) is 0 Å². The van der Waals surface area contributed by atoms with Crippen molar-refractivity contribution in [2.45, 2.75) is 35.5 Å². The molecule has 0 amide bonds. The van der Waals surface area contributed by atoms with Crippen LogP contribution in [0, 0.1) is 0 Å². The van der Waals surface area contributed by atoms with Crippen molar-refractivity contribution < 1.29 is 10.2 Å². The van der Waals surface area contributed by atoms with Crippen LogP contribution in [0.4, 0.5) is 0 Å². The Bertz CT molecular complexity index is 98.8. The van der Waals surface area contributed by atoms with Crippen LogP contribution in [0.1, 0.15) is 13.8 Å². The fourth-order valence-corrected chi connectivity index (χ4v) is 1.88. The lowest BCUT2D eigenvalue weighted by atomic mass is 10.5. The van der Waals surface area contributed by atoms with Crippen molar-refractivity contribution in [3.05, 3.63) is 0 Å². The lowest BCUT2D eigenvalue weighted by Crippen LogP contribution is -2.20. The molecule has 0 rings (SSSR count). The molecule has 0 fully saturated rings. The summed E-state index contributed by atoms with van der Waals surface area (Å²) in [5.74, 6) is 0. The van der Waals surface area contributed by atoms with Gasteiger partial charge in [-0.2, -0.15) is 0 Å². The Morgan fingerprint density at radius 3 is 1.45 bits per heavy atom. The number of halogens is 2. The maximum Gasteiger partial charge on any atom is 0.106 e. The van der Waals surface area contributed by atoms with E-state index in [1.54, 1.807) is 13.8 Å². The normalized spacial score (nSPS) is 22.4. The Morgan fingerprint density at radius 2 is 1.27 bits per heavy atom. The third-order valence-corrected chi connectivity index (χ3v) is 3.67. The molecule has 0 aliphatic carbocycles. The molecule has 0 heterocycles. The highest BCUT2D eigenvalue weighted by Crippen LogP contribution is 2.28. The van der Waals surface area contributed by atoms with Gasteiger partial charge in [-0.25, -0.2) is 0 Å². The summed E-state index contributed by atoms with van der Waals surface area (Å²) in [6, 6.07) is 0. The van der Waals surface area contributed by atoms with E-state index >= 15 is 0 Å². The molecule has 0 bridgehead atoms. The number of aliphatic hydroxyl groups excluding tert-OH is 2. The highest BCUT2D eigenvalue weighted by atomic mass is 35.5. The summed E-state index contributed by atoms with van der Waals surface area (Å²) in [5.41, 5.74) is 0. The van der Waals surface area contributed by atoms with Crippen molar-refractivity contribution in [3.8, 4) is 0 Å². The minimum Gasteiger partial charge on any atom is -0.391 e. The molecule has 2 N–H and O–H groups in total. The van der Waals surface area contributed by atoms with Crippen molar-refractivity contribution in [1.29, 1.82) is 0 Å². The molecule has 0 aromatic rings. The topological polar surface area (TPSA) is 40.5 Å². The first-order chi connectivity index (χ1) is 4.95. The molecular weight excluding hydrogens is 207 g/mol. The van der Waals surface area contributed by atoms with E-state index in [1.165, 1.54) is 0 Å². The van der Waals surface area contributed by atoms with Crippen molar-refractivity contribution in [1.82, 2.24) is 0 Å². The van der Waals surface area contributed by atoms with Crippen LogP contribution in [-0.4, -0.2) is 31.8 Å². The summed E-state index contributed by atoms with van der Waals surface area (Å²) >= 11 is 12.5. The van der Waals surface area contributed by atoms with Crippen LogP contribution in [0.2, 0.25) is 0 Å². The minimum absolute atomic E-state index is 0.466. The van der Waals surface area contributed by atoms with E-state index in [1.807, 2.05) is 0 Å². The lowest BCUT2D eigenvalue weighted by molar-refractivity contribution is 0.205. The van der Waals surface area contributed by atoms with Gasteiger partial charge in [-0.05, 0) is 13.8 Å². The van der Waals surface area contributed by atoms with Crippen LogP contribution < -0.4 is 0 Å². The van der Waals surface area contributed by atoms with Crippen molar-refractivity contribution >= 4 is 35.0 Å². The Labute approximate surface area is 80.9 Å². The lowest BCUT2D eigenvalue weighted by Gasteiger charge is -2.17. The number of rotatable bonds is 4. The predicted octanol–water partition coefficient (Wildman–Crippen LogP) is 1.61. The second kappa shape index (κ2) is 5.49. The number of hydrogen-bond acceptors (Lipinski definition) is 3. The minimum atomic E-state index is -0.623. The first-order valence-electron chi connectivity index (χ1n) is 3.25. The van der Waals surface area contributed by atoms with Gasteiger partial charge in [-0.15, -0.1) is 35.0 Å². The van der Waals surface area contributed by atoms with Gasteiger partial charge >= 0.3 is 0 Å². The van der Waals surface area contributed by atoms with E-state index in [0.717, 1.165) is 11.8 Å². The number of alkyl halides is 2. The molecule has 2 nitrogen and oxygen atoms in total. The molecule has 0 saturated heterocycles. The monoisotopic (exact) mass is 218 g/mol. The molecule has 0 radical (unpaired) electrons. The quantitative estimate of drug-likeness (QED) is 0.705. The van der Waals surface area contributed by atoms with Crippen LogP contribution in [0.15, 0.2) is 0 Å². The maximum absolute atomic E-state index is 8.96. The van der Waals surface area contributed by atoms with Gasteiger partial charge in [-0.1, -0.05) is 0 Å². The molecule has 0 aromatic carbocycles. The first kappa shape index (κ1) is 11.8. The van der Waals surface area contributed by atoms with Gasteiger partial charge in [0.25, 0.3) is 0 Å². The van der Waals surface area contributed by atoms with Crippen molar-refractivity contribution in [2.75, 3.05) is 0 Å². The average molecular weight is 219 g/mol. The highest BCUT2D eigenvalue weighted by molar-refractivity contribution is 8.02. The Hall–Kier alpha value is 0.850. The van der Waals surface area contributed by atoms with E-state index in [4.69, 9.17) is 33.4 Å². The highest BCUT2D eigenvalue weighted by Gasteiger charge is 2.20. The van der Waals surface area contributed by atoms with Gasteiger partial charge in [0.15, 0.2) is 0 Å². The molecular formula is C6H12Cl2O2S. The summed E-state index contributed by atoms with van der Waals surface area (Å²) in [4.78, 5) is 0. The van der Waals surface area contributed by atoms with Crippen molar-refractivity contribution in [2.24, 2.45) is 0 Å². The molecule has 5 heteroatoms. The SMILES string of the molecule is CC(O)C(Cl)SC(Cl)C(C)O. The summed E-state index contributed by atoms with van der Waals surface area (Å²) in [5, 5.41) is 17.9. The molecule has 4 unspecified atom stereocenters. The fourth-order valence-electron chi connectivity index (χ4n) is 0.352. The predicted molar refractivity (Wildman–Crippen MR) is 50.2 cm³/mol. The fraction of sp³-hybridized carbons (Fsp3) is 1.00. The van der Waals surface area contributed by atoms with E-state index in [-0.39, 0.29) is 0 Å². The van der Waals surface area contributed by atoms with Gasteiger partial charge < -0.3 is 10.2 Å². The van der Waals surface area contributed by atoms with Crippen LogP contribution >= 0.6 is 35.0 Å². The zero-order valence-corrected chi connectivity index (χ0v) is 8.70. The number of hydrogen-bond donors (Lipinski definition) is 2. The summed E-state index contributed by atoms with van der Waals surface area (Å²) in [6.07, 6.45) is -1.25. The van der Waals surface area contributed by atoms with E-state index in [2.05, 4.69) is 0 Å². The zero-order valence-electron chi connectivity index (χ0n) is 6.37. The largest absolute Gasteiger partial charge is 0.391 e. The van der Waals surface area contributed by atoms with E-state index < -0.39 is 21.6 Å². The van der Waals surface area contributed by atoms with Gasteiger partial charge in [-0.3, -0.25) is 0 Å². The van der Waals surface area contributed by atoms with Crippen LogP contribution in [-0.2, 0) is 0 Å². The average Bonchev–Trinajstić information content (AvgIpc) is 1.87. The molecule has 11 heavy (non-hydrogen) atoms. The smallest absolute Gasteiger partial charge is 0.106 e. The first-order valence-corrected chi connectivity index (χ1v) is 5.06. The Kier molecular flexibility index (Phi) is 5.91. The molecule has 4 atom stereocenters. The van der Waals surface area contributed by atoms with Crippen LogP contribution in [0.5, 0.6) is 0 Å². The van der Waals surface area contributed by atoms with Crippen LogP contribution in [0.25, 0.3) is 0 Å². The summed E-state index contributed by atoms with van der Waals surface area (Å²) < 4.78 is -0.931. The zero-order chi connectivity index (χ0) is 9.02. The molecule has 0 aromatic heterocycles. The molecule has 0 aliphatic rings. The molecule has 0 saturated carbocycles. The van der Waals surface area contributed by atoms with E-state index in [0.29, 0.717) is 0 Å². The third kappa shape index (κ3) is 5.15. The maximum atomic E-state index is 8.96. The summed E-state index contributed by atoms with van der Waals surface area (Å²) in [6.45, 7) is 3.16. The Balaban J connectivity index is 3.66. The van der Waals surface area contributed by atoms with E-state index in [9.17, 15) is 0 Å². The van der Waals surface area contributed by atoms with Gasteiger partial charge in [0.1, 0.15) is 9.42 Å². The standard InChI is InChI=1S/C6H12Cl2O2S/c1-3(9)5(7)11-6(8)4(2)10/h3-6,9-10H,1-2H3. The van der Waals surface area contributed by atoms with Crippen LogP contribution in [0.3, 0.4) is 0 Å². The number of aliphatic hydroxyl groups is 2. The van der Waals surface area contributed by atoms with Gasteiger partial charge in [0.05, 0.1) is 12.2 Å². The molecule has 68 valence electrons.